The zero-order valence-corrected chi connectivity index (χ0v) is 19.1. The molecule has 1 aliphatic carbocycles. The van der Waals surface area contributed by atoms with Gasteiger partial charge in [0.1, 0.15) is 0 Å². The summed E-state index contributed by atoms with van der Waals surface area (Å²) in [6, 6.07) is 5.76. The molecule has 0 radical (unpaired) electrons. The first kappa shape index (κ1) is 23.1. The smallest absolute Gasteiger partial charge is 0.338 e. The largest absolute Gasteiger partial charge is 0.462 e. The molecule has 0 aromatic heterocycles. The third-order valence-electron chi connectivity index (χ3n) is 6.42. The number of ether oxygens (including phenoxy) is 1. The predicted octanol–water partition coefficient (Wildman–Crippen LogP) is 4.48. The number of carbonyl (C=O) groups excluding carboxylic acids is 2. The molecule has 6 heteroatoms. The van der Waals surface area contributed by atoms with Gasteiger partial charge in [0.25, 0.3) is 0 Å². The summed E-state index contributed by atoms with van der Waals surface area (Å²) in [5.74, 6) is 0.485. The lowest BCUT2D eigenvalue weighted by Gasteiger charge is -2.34. The molecule has 0 spiro atoms. The minimum absolute atomic E-state index is 0.208. The molecule has 2 fully saturated rings. The number of aliphatic hydroxyl groups is 1. The molecule has 1 aliphatic heterocycles. The van der Waals surface area contributed by atoms with E-state index in [-0.39, 0.29) is 17.3 Å². The first-order valence-electron chi connectivity index (χ1n) is 11.3. The Labute approximate surface area is 184 Å². The Balaban J connectivity index is 1.49. The van der Waals surface area contributed by atoms with Gasteiger partial charge in [0.05, 0.1) is 28.9 Å². The van der Waals surface area contributed by atoms with E-state index in [1.54, 1.807) is 11.8 Å². The van der Waals surface area contributed by atoms with Crippen molar-refractivity contribution in [3.63, 3.8) is 0 Å². The van der Waals surface area contributed by atoms with Gasteiger partial charge in [-0.1, -0.05) is 25.3 Å². The molecular formula is C24H35NO4S. The number of thioether (sulfide) groups is 1. The van der Waals surface area contributed by atoms with E-state index in [9.17, 15) is 14.7 Å². The molecular weight excluding hydrogens is 398 g/mol. The first-order valence-corrected chi connectivity index (χ1v) is 12.4. The van der Waals surface area contributed by atoms with Crippen molar-refractivity contribution in [2.24, 2.45) is 0 Å². The van der Waals surface area contributed by atoms with E-state index in [4.69, 9.17) is 4.74 Å². The number of rotatable bonds is 9. The van der Waals surface area contributed by atoms with Gasteiger partial charge in [-0.15, -0.1) is 11.8 Å². The Morgan fingerprint density at radius 2 is 2.07 bits per heavy atom. The molecule has 30 heavy (non-hydrogen) atoms. The molecule has 3 rings (SSSR count). The van der Waals surface area contributed by atoms with Crippen LogP contribution in [0, 0.1) is 6.92 Å². The second-order valence-electron chi connectivity index (χ2n) is 8.64. The molecule has 1 unspecified atom stereocenters. The molecule has 1 saturated carbocycles. The Morgan fingerprint density at radius 1 is 1.30 bits per heavy atom. The maximum Gasteiger partial charge on any atom is 0.338 e. The highest BCUT2D eigenvalue weighted by Gasteiger charge is 2.35. The lowest BCUT2D eigenvalue weighted by atomic mass is 9.82. The van der Waals surface area contributed by atoms with E-state index in [2.05, 4.69) is 0 Å². The Bertz CT molecular complexity index is 745. The molecule has 1 heterocycles. The van der Waals surface area contributed by atoms with Crippen molar-refractivity contribution in [3.8, 4) is 0 Å². The SMILES string of the molecule is CCOC(=O)c1ccc(CCCC2SCC(=O)N2CCC2(O)CCCCC2)c(C)c1. The minimum Gasteiger partial charge on any atom is -0.462 e. The van der Waals surface area contributed by atoms with Crippen molar-refractivity contribution >= 4 is 23.6 Å². The van der Waals surface area contributed by atoms with Crippen molar-refractivity contribution in [1.29, 1.82) is 0 Å². The number of carbonyl (C=O) groups is 2. The lowest BCUT2D eigenvalue weighted by molar-refractivity contribution is -0.129. The maximum atomic E-state index is 12.4. The first-order chi connectivity index (χ1) is 14.4. The third-order valence-corrected chi connectivity index (χ3v) is 7.71. The zero-order chi connectivity index (χ0) is 21.6. The normalized spacial score (nSPS) is 21.1. The van der Waals surface area contributed by atoms with Crippen LogP contribution in [0.25, 0.3) is 0 Å². The molecule has 0 bridgehead atoms. The average Bonchev–Trinajstić information content (AvgIpc) is 3.08. The average molecular weight is 434 g/mol. The molecule has 1 saturated heterocycles. The van der Waals surface area contributed by atoms with Gasteiger partial charge < -0.3 is 14.7 Å². The predicted molar refractivity (Wildman–Crippen MR) is 121 cm³/mol. The number of esters is 1. The molecule has 1 atom stereocenters. The van der Waals surface area contributed by atoms with E-state index in [0.717, 1.165) is 50.5 Å². The Morgan fingerprint density at radius 3 is 2.77 bits per heavy atom. The third kappa shape index (κ3) is 6.01. The Kier molecular flexibility index (Phi) is 8.23. The summed E-state index contributed by atoms with van der Waals surface area (Å²) >= 11 is 1.73. The van der Waals surface area contributed by atoms with E-state index < -0.39 is 5.60 Å². The van der Waals surface area contributed by atoms with Crippen molar-refractivity contribution in [2.75, 3.05) is 18.9 Å². The number of hydrogen-bond donors (Lipinski definition) is 1. The summed E-state index contributed by atoms with van der Waals surface area (Å²) in [5, 5.41) is 11.0. The van der Waals surface area contributed by atoms with Crippen LogP contribution in [0.2, 0.25) is 0 Å². The number of benzene rings is 1. The van der Waals surface area contributed by atoms with Crippen molar-refractivity contribution < 1.29 is 19.4 Å². The molecule has 2 aliphatic rings. The van der Waals surface area contributed by atoms with Crippen molar-refractivity contribution in [1.82, 2.24) is 4.90 Å². The van der Waals surface area contributed by atoms with Crippen molar-refractivity contribution in [3.05, 3.63) is 34.9 Å². The van der Waals surface area contributed by atoms with Crippen LogP contribution in [0.1, 0.15) is 79.8 Å². The molecule has 1 aromatic carbocycles. The summed E-state index contributed by atoms with van der Waals surface area (Å²) in [6.07, 6.45) is 8.71. The second-order valence-corrected chi connectivity index (χ2v) is 9.81. The number of amides is 1. The summed E-state index contributed by atoms with van der Waals surface area (Å²) in [6.45, 7) is 4.89. The van der Waals surface area contributed by atoms with Crippen LogP contribution in [-0.4, -0.2) is 51.8 Å². The summed E-state index contributed by atoms with van der Waals surface area (Å²) in [4.78, 5) is 26.3. The number of nitrogens with zero attached hydrogens (tertiary/aromatic N) is 1. The summed E-state index contributed by atoms with van der Waals surface area (Å²) in [7, 11) is 0. The zero-order valence-electron chi connectivity index (χ0n) is 18.3. The van der Waals surface area contributed by atoms with Gasteiger partial charge in [0, 0.05) is 6.54 Å². The fourth-order valence-electron chi connectivity index (χ4n) is 4.58. The highest BCUT2D eigenvalue weighted by atomic mass is 32.2. The second kappa shape index (κ2) is 10.7. The van der Waals surface area contributed by atoms with Gasteiger partial charge in [-0.05, 0) is 75.6 Å². The fourth-order valence-corrected chi connectivity index (χ4v) is 5.82. The summed E-state index contributed by atoms with van der Waals surface area (Å²) < 4.78 is 5.07. The van der Waals surface area contributed by atoms with Crippen LogP contribution in [0.5, 0.6) is 0 Å². The molecule has 1 amide bonds. The molecule has 166 valence electrons. The molecule has 1 N–H and O–H groups in total. The van der Waals surface area contributed by atoms with Gasteiger partial charge in [0.15, 0.2) is 0 Å². The van der Waals surface area contributed by atoms with Crippen LogP contribution in [0.4, 0.5) is 0 Å². The highest BCUT2D eigenvalue weighted by Crippen LogP contribution is 2.34. The molecule has 5 nitrogen and oxygen atoms in total. The van der Waals surface area contributed by atoms with Crippen LogP contribution < -0.4 is 0 Å². The van der Waals surface area contributed by atoms with E-state index in [1.165, 1.54) is 12.0 Å². The van der Waals surface area contributed by atoms with Crippen molar-refractivity contribution in [2.45, 2.75) is 82.6 Å². The number of aryl methyl sites for hydroxylation is 2. The van der Waals surface area contributed by atoms with Gasteiger partial charge in [-0.2, -0.15) is 0 Å². The highest BCUT2D eigenvalue weighted by molar-refractivity contribution is 8.00. The number of hydrogen-bond acceptors (Lipinski definition) is 5. The van der Waals surface area contributed by atoms with E-state index in [1.807, 2.05) is 36.9 Å². The summed E-state index contributed by atoms with van der Waals surface area (Å²) in [5.41, 5.74) is 2.36. The van der Waals surface area contributed by atoms with E-state index in [0.29, 0.717) is 30.9 Å². The van der Waals surface area contributed by atoms with E-state index >= 15 is 0 Å². The quantitative estimate of drug-likeness (QED) is 0.582. The maximum absolute atomic E-state index is 12.4. The van der Waals surface area contributed by atoms with Crippen LogP contribution in [0.3, 0.4) is 0 Å². The van der Waals surface area contributed by atoms with Crippen LogP contribution in [0.15, 0.2) is 18.2 Å². The monoisotopic (exact) mass is 433 g/mol. The fraction of sp³-hybridized carbons (Fsp3) is 0.667. The molecule has 1 aromatic rings. The Hall–Kier alpha value is -1.53. The van der Waals surface area contributed by atoms with Gasteiger partial charge in [0.2, 0.25) is 5.91 Å². The topological polar surface area (TPSA) is 66.8 Å². The lowest BCUT2D eigenvalue weighted by Crippen LogP contribution is -2.40. The van der Waals surface area contributed by atoms with Crippen LogP contribution >= 0.6 is 11.8 Å². The van der Waals surface area contributed by atoms with Gasteiger partial charge in [-0.3, -0.25) is 4.79 Å². The van der Waals surface area contributed by atoms with Gasteiger partial charge >= 0.3 is 5.97 Å². The minimum atomic E-state index is -0.575. The van der Waals surface area contributed by atoms with Crippen LogP contribution in [-0.2, 0) is 16.0 Å². The standard InChI is InChI=1S/C24H35NO4S/c1-3-29-23(27)20-11-10-19(18(2)16-20)8-7-9-22-25(21(26)17-30-22)15-14-24(28)12-5-4-6-13-24/h10-11,16,22,28H,3-9,12-15,17H2,1-2H3. The van der Waals surface area contributed by atoms with Gasteiger partial charge in [-0.25, -0.2) is 4.79 Å².